The highest BCUT2D eigenvalue weighted by molar-refractivity contribution is 6.07. The third kappa shape index (κ3) is 6.39. The summed E-state index contributed by atoms with van der Waals surface area (Å²) in [5, 5.41) is 2.62. The maximum Gasteiger partial charge on any atom is 0.416 e. The SMILES string of the molecule is Nc1ccccc1NC(=O)/C=C/c1ccc(F)c(/C=C/C(=O)c2ccc(C(F)(F)F)cc2)c1. The molecule has 3 aromatic carbocycles. The number of carbonyl (C=O) groups excluding carboxylic acids is 2. The molecule has 0 atom stereocenters. The molecular weight excluding hydrogens is 436 g/mol. The van der Waals surface area contributed by atoms with E-state index in [0.29, 0.717) is 16.9 Å². The molecule has 0 aliphatic heterocycles. The maximum atomic E-state index is 14.1. The van der Waals surface area contributed by atoms with Gasteiger partial charge in [0.1, 0.15) is 5.82 Å². The minimum absolute atomic E-state index is 0.0348. The number of hydrogen-bond acceptors (Lipinski definition) is 3. The number of nitrogen functional groups attached to an aromatic ring is 1. The molecule has 8 heteroatoms. The molecule has 168 valence electrons. The predicted molar refractivity (Wildman–Crippen MR) is 120 cm³/mol. The van der Waals surface area contributed by atoms with E-state index in [4.69, 9.17) is 5.73 Å². The predicted octanol–water partition coefficient (Wildman–Crippen LogP) is 5.97. The van der Waals surface area contributed by atoms with Crippen LogP contribution in [-0.4, -0.2) is 11.7 Å². The number of ketones is 1. The van der Waals surface area contributed by atoms with E-state index in [1.54, 1.807) is 24.3 Å². The van der Waals surface area contributed by atoms with Gasteiger partial charge in [-0.2, -0.15) is 13.2 Å². The quantitative estimate of drug-likeness (QED) is 0.208. The number of hydrogen-bond donors (Lipinski definition) is 2. The molecule has 0 unspecified atom stereocenters. The normalized spacial score (nSPS) is 11.8. The molecule has 1 amide bonds. The van der Waals surface area contributed by atoms with Gasteiger partial charge in [0, 0.05) is 17.2 Å². The van der Waals surface area contributed by atoms with Gasteiger partial charge >= 0.3 is 6.18 Å². The van der Waals surface area contributed by atoms with Crippen LogP contribution in [0.5, 0.6) is 0 Å². The van der Waals surface area contributed by atoms with Crippen molar-refractivity contribution in [1.82, 2.24) is 0 Å². The molecule has 4 nitrogen and oxygen atoms in total. The Morgan fingerprint density at radius 3 is 2.24 bits per heavy atom. The van der Waals surface area contributed by atoms with Crippen molar-refractivity contribution in [3.63, 3.8) is 0 Å². The molecule has 0 fully saturated rings. The van der Waals surface area contributed by atoms with Gasteiger partial charge in [-0.15, -0.1) is 0 Å². The number of benzene rings is 3. The van der Waals surface area contributed by atoms with Crippen LogP contribution in [0.3, 0.4) is 0 Å². The molecule has 3 aromatic rings. The summed E-state index contributed by atoms with van der Waals surface area (Å²) in [5.74, 6) is -1.62. The van der Waals surface area contributed by atoms with Crippen molar-refractivity contribution in [2.45, 2.75) is 6.18 Å². The second kappa shape index (κ2) is 9.95. The summed E-state index contributed by atoms with van der Waals surface area (Å²) in [6.45, 7) is 0. The van der Waals surface area contributed by atoms with E-state index in [0.717, 1.165) is 30.3 Å². The second-order valence-corrected chi connectivity index (χ2v) is 6.96. The topological polar surface area (TPSA) is 72.2 Å². The van der Waals surface area contributed by atoms with Gasteiger partial charge in [0.05, 0.1) is 16.9 Å². The molecule has 0 saturated heterocycles. The summed E-state index contributed by atoms with van der Waals surface area (Å²) >= 11 is 0. The molecule has 0 aliphatic rings. The van der Waals surface area contributed by atoms with E-state index < -0.39 is 29.2 Å². The number of anilines is 2. The summed E-state index contributed by atoms with van der Waals surface area (Å²) in [7, 11) is 0. The largest absolute Gasteiger partial charge is 0.416 e. The Morgan fingerprint density at radius 2 is 1.58 bits per heavy atom. The Balaban J connectivity index is 1.70. The lowest BCUT2D eigenvalue weighted by molar-refractivity contribution is -0.137. The van der Waals surface area contributed by atoms with Crippen LogP contribution in [0, 0.1) is 5.82 Å². The molecule has 0 saturated carbocycles. The van der Waals surface area contributed by atoms with Gasteiger partial charge in [-0.3, -0.25) is 9.59 Å². The maximum absolute atomic E-state index is 14.1. The van der Waals surface area contributed by atoms with Crippen LogP contribution in [0.15, 0.2) is 78.9 Å². The van der Waals surface area contributed by atoms with E-state index in [1.807, 2.05) is 0 Å². The minimum atomic E-state index is -4.50. The zero-order valence-electron chi connectivity index (χ0n) is 17.1. The van der Waals surface area contributed by atoms with Gasteiger partial charge in [0.2, 0.25) is 5.91 Å². The first kappa shape index (κ1) is 23.5. The molecule has 0 bridgehead atoms. The van der Waals surface area contributed by atoms with Crippen molar-refractivity contribution in [2.24, 2.45) is 0 Å². The Bertz CT molecular complexity index is 1230. The fourth-order valence-electron chi connectivity index (χ4n) is 2.84. The first-order valence-electron chi connectivity index (χ1n) is 9.66. The minimum Gasteiger partial charge on any atom is -0.397 e. The molecule has 3 N–H and O–H groups in total. The third-order valence-corrected chi connectivity index (χ3v) is 4.58. The summed E-state index contributed by atoms with van der Waals surface area (Å²) in [4.78, 5) is 24.3. The van der Waals surface area contributed by atoms with Crippen LogP contribution >= 0.6 is 0 Å². The van der Waals surface area contributed by atoms with Crippen molar-refractivity contribution in [3.05, 3.63) is 107 Å². The van der Waals surface area contributed by atoms with Gasteiger partial charge < -0.3 is 11.1 Å². The van der Waals surface area contributed by atoms with E-state index in [-0.39, 0.29) is 11.1 Å². The second-order valence-electron chi connectivity index (χ2n) is 6.96. The van der Waals surface area contributed by atoms with E-state index in [9.17, 15) is 27.2 Å². The lowest BCUT2D eigenvalue weighted by Crippen LogP contribution is -2.09. The number of carbonyl (C=O) groups is 2. The van der Waals surface area contributed by atoms with Crippen LogP contribution in [0.4, 0.5) is 28.9 Å². The molecule has 0 aliphatic carbocycles. The van der Waals surface area contributed by atoms with Crippen molar-refractivity contribution < 1.29 is 27.2 Å². The first-order chi connectivity index (χ1) is 15.6. The number of nitrogens with one attached hydrogen (secondary N) is 1. The van der Waals surface area contributed by atoms with Crippen LogP contribution in [0.2, 0.25) is 0 Å². The summed E-state index contributed by atoms with van der Waals surface area (Å²) < 4.78 is 52.0. The summed E-state index contributed by atoms with van der Waals surface area (Å²) in [5.41, 5.74) is 6.37. The van der Waals surface area contributed by atoms with Crippen molar-refractivity contribution >= 4 is 35.2 Å². The van der Waals surface area contributed by atoms with Crippen LogP contribution in [0.25, 0.3) is 12.2 Å². The van der Waals surface area contributed by atoms with Crippen LogP contribution in [0.1, 0.15) is 27.0 Å². The lowest BCUT2D eigenvalue weighted by atomic mass is 10.1. The lowest BCUT2D eigenvalue weighted by Gasteiger charge is -2.06. The van der Waals surface area contributed by atoms with Gasteiger partial charge in [-0.1, -0.05) is 30.3 Å². The highest BCUT2D eigenvalue weighted by Gasteiger charge is 2.30. The molecule has 0 aromatic heterocycles. The summed E-state index contributed by atoms with van der Waals surface area (Å²) in [6, 6.07) is 14.5. The number of alkyl halides is 3. The van der Waals surface area contributed by atoms with E-state index >= 15 is 0 Å². The Morgan fingerprint density at radius 1 is 0.879 bits per heavy atom. The molecule has 33 heavy (non-hydrogen) atoms. The molecule has 0 spiro atoms. The monoisotopic (exact) mass is 454 g/mol. The number of para-hydroxylation sites is 2. The standard InChI is InChI=1S/C25H18F4N2O2/c26-20-12-5-16(6-14-24(33)31-22-4-2-1-3-21(22)30)15-18(20)9-13-23(32)17-7-10-19(11-8-17)25(27,28)29/h1-15H,30H2,(H,31,33)/b13-9+,14-6+. The highest BCUT2D eigenvalue weighted by atomic mass is 19.4. The van der Waals surface area contributed by atoms with Gasteiger partial charge in [0.25, 0.3) is 0 Å². The molecule has 0 radical (unpaired) electrons. The number of amides is 1. The molecule has 3 rings (SSSR count). The number of allylic oxidation sites excluding steroid dienone is 1. The van der Waals surface area contributed by atoms with Crippen LogP contribution in [-0.2, 0) is 11.0 Å². The average molecular weight is 454 g/mol. The molecule has 0 heterocycles. The third-order valence-electron chi connectivity index (χ3n) is 4.58. The summed E-state index contributed by atoms with van der Waals surface area (Å²) in [6.07, 6.45) is 0.499. The van der Waals surface area contributed by atoms with Crippen molar-refractivity contribution in [2.75, 3.05) is 11.1 Å². The Hall–Kier alpha value is -4.20. The van der Waals surface area contributed by atoms with Crippen molar-refractivity contribution in [3.8, 4) is 0 Å². The molecular formula is C25H18F4N2O2. The zero-order chi connectivity index (χ0) is 24.0. The van der Waals surface area contributed by atoms with E-state index in [2.05, 4.69) is 5.32 Å². The number of rotatable bonds is 6. The van der Waals surface area contributed by atoms with E-state index in [1.165, 1.54) is 36.4 Å². The first-order valence-corrected chi connectivity index (χ1v) is 9.66. The van der Waals surface area contributed by atoms with Gasteiger partial charge in [-0.25, -0.2) is 4.39 Å². The highest BCUT2D eigenvalue weighted by Crippen LogP contribution is 2.29. The smallest absolute Gasteiger partial charge is 0.397 e. The fourth-order valence-corrected chi connectivity index (χ4v) is 2.84. The van der Waals surface area contributed by atoms with Gasteiger partial charge in [-0.05, 0) is 60.2 Å². The van der Waals surface area contributed by atoms with Gasteiger partial charge in [0.15, 0.2) is 5.78 Å². The van der Waals surface area contributed by atoms with Crippen molar-refractivity contribution in [1.29, 1.82) is 0 Å². The zero-order valence-corrected chi connectivity index (χ0v) is 17.1. The average Bonchev–Trinajstić information content (AvgIpc) is 2.78. The number of nitrogens with two attached hydrogens (primary N) is 1. The Labute approximate surface area is 187 Å². The fraction of sp³-hybridized carbons (Fsp3) is 0.0400. The number of halogens is 4. The Kier molecular flexibility index (Phi) is 7.07. The van der Waals surface area contributed by atoms with Crippen LogP contribution < -0.4 is 11.1 Å².